The van der Waals surface area contributed by atoms with E-state index in [9.17, 15) is 4.39 Å². The van der Waals surface area contributed by atoms with E-state index in [0.717, 1.165) is 22.2 Å². The summed E-state index contributed by atoms with van der Waals surface area (Å²) in [6.07, 6.45) is 0.936. The molecular weight excluding hydrogens is 257 g/mol. The Bertz CT molecular complexity index is 453. The number of rotatable bonds is 1. The zero-order valence-electron chi connectivity index (χ0n) is 9.06. The number of aliphatic imine (C=N–C) groups is 1. The summed E-state index contributed by atoms with van der Waals surface area (Å²) in [6, 6.07) is 3.44. The maximum absolute atomic E-state index is 13.7. The molecule has 2 rings (SSSR count). The van der Waals surface area contributed by atoms with Crippen LogP contribution in [0.2, 0.25) is 0 Å². The van der Waals surface area contributed by atoms with E-state index < -0.39 is 0 Å². The van der Waals surface area contributed by atoms with Gasteiger partial charge in [0.15, 0.2) is 0 Å². The van der Waals surface area contributed by atoms with Gasteiger partial charge in [-0.15, -0.1) is 0 Å². The molecule has 1 aromatic rings. The number of benzene rings is 1. The second-order valence-corrected chi connectivity index (χ2v) is 5.08. The molecule has 1 aliphatic rings. The van der Waals surface area contributed by atoms with Crippen molar-refractivity contribution >= 4 is 27.3 Å². The number of halogens is 2. The molecule has 15 heavy (non-hydrogen) atoms. The van der Waals surface area contributed by atoms with Gasteiger partial charge in [-0.05, 0) is 31.0 Å². The molecule has 1 aromatic carbocycles. The van der Waals surface area contributed by atoms with Crippen LogP contribution in [0.5, 0.6) is 0 Å². The average Bonchev–Trinajstić information content (AvgIpc) is 2.43. The molecule has 1 nitrogen and oxygen atoms in total. The lowest BCUT2D eigenvalue weighted by molar-refractivity contribution is 0.605. The Morgan fingerprint density at radius 3 is 2.73 bits per heavy atom. The molecule has 0 N–H and O–H groups in total. The number of hydrogen-bond acceptors (Lipinski definition) is 1. The molecule has 1 aliphatic heterocycles. The molecule has 0 radical (unpaired) electrons. The van der Waals surface area contributed by atoms with Crippen molar-refractivity contribution in [2.45, 2.75) is 32.6 Å². The Morgan fingerprint density at radius 1 is 1.47 bits per heavy atom. The Hall–Kier alpha value is -0.700. The van der Waals surface area contributed by atoms with Crippen molar-refractivity contribution < 1.29 is 4.39 Å². The summed E-state index contributed by atoms with van der Waals surface area (Å²) in [7, 11) is 0. The highest BCUT2D eigenvalue weighted by atomic mass is 79.9. The average molecular weight is 270 g/mol. The van der Waals surface area contributed by atoms with E-state index in [1.54, 1.807) is 0 Å². The largest absolute Gasteiger partial charge is 0.254 e. The summed E-state index contributed by atoms with van der Waals surface area (Å²) >= 11 is 3.33. The maximum Gasteiger partial charge on any atom is 0.150 e. The van der Waals surface area contributed by atoms with Gasteiger partial charge in [-0.1, -0.05) is 29.8 Å². The molecule has 1 unspecified atom stereocenters. The van der Waals surface area contributed by atoms with Gasteiger partial charge in [0, 0.05) is 15.6 Å². The second kappa shape index (κ2) is 3.41. The molecule has 0 bridgehead atoms. The Morgan fingerprint density at radius 2 is 2.13 bits per heavy atom. The minimum Gasteiger partial charge on any atom is -0.254 e. The monoisotopic (exact) mass is 269 g/mol. The van der Waals surface area contributed by atoms with Crippen LogP contribution in [0, 0.1) is 5.82 Å². The third kappa shape index (κ3) is 1.44. The lowest BCUT2D eigenvalue weighted by Crippen LogP contribution is -2.26. The maximum atomic E-state index is 13.7. The highest BCUT2D eigenvalue weighted by molar-refractivity contribution is 9.10. The van der Waals surface area contributed by atoms with Crippen molar-refractivity contribution in [3.05, 3.63) is 28.0 Å². The van der Waals surface area contributed by atoms with Crippen LogP contribution in [-0.2, 0) is 5.41 Å². The zero-order valence-corrected chi connectivity index (χ0v) is 10.7. The Labute approximate surface area is 97.5 Å². The topological polar surface area (TPSA) is 12.4 Å². The number of nitrogens with zero attached hydrogens (tertiary/aromatic N) is 1. The van der Waals surface area contributed by atoms with Crippen molar-refractivity contribution in [2.75, 3.05) is 0 Å². The molecule has 0 spiro atoms. The van der Waals surface area contributed by atoms with Crippen LogP contribution < -0.4 is 0 Å². The zero-order chi connectivity index (χ0) is 11.2. The van der Waals surface area contributed by atoms with Crippen molar-refractivity contribution in [3.63, 3.8) is 0 Å². The third-order valence-electron chi connectivity index (χ3n) is 3.41. The SMILES string of the molecule is CCC1(C)C(C)=Nc2c(F)cc(Br)cc21. The second-order valence-electron chi connectivity index (χ2n) is 4.17. The van der Waals surface area contributed by atoms with Crippen molar-refractivity contribution in [3.8, 4) is 0 Å². The molecular formula is C12H13BrFN. The molecule has 0 aliphatic carbocycles. The van der Waals surface area contributed by atoms with Gasteiger partial charge in [-0.25, -0.2) is 4.39 Å². The number of hydrogen-bond donors (Lipinski definition) is 0. The predicted octanol–water partition coefficient (Wildman–Crippen LogP) is 4.36. The molecule has 0 saturated heterocycles. The molecule has 0 amide bonds. The van der Waals surface area contributed by atoms with Gasteiger partial charge in [-0.3, -0.25) is 4.99 Å². The lowest BCUT2D eigenvalue weighted by atomic mass is 9.78. The first kappa shape index (κ1) is 10.8. The van der Waals surface area contributed by atoms with Crippen LogP contribution in [0.25, 0.3) is 0 Å². The summed E-state index contributed by atoms with van der Waals surface area (Å²) in [5.41, 5.74) is 2.39. The summed E-state index contributed by atoms with van der Waals surface area (Å²) in [6.45, 7) is 6.19. The minimum absolute atomic E-state index is 0.111. The summed E-state index contributed by atoms with van der Waals surface area (Å²) in [5.74, 6) is -0.240. The summed E-state index contributed by atoms with van der Waals surface area (Å²) < 4.78 is 14.4. The smallest absolute Gasteiger partial charge is 0.150 e. The molecule has 0 aromatic heterocycles. The van der Waals surface area contributed by atoms with Crippen LogP contribution in [0.4, 0.5) is 10.1 Å². The van der Waals surface area contributed by atoms with Crippen LogP contribution in [0.1, 0.15) is 32.8 Å². The van der Waals surface area contributed by atoms with E-state index in [4.69, 9.17) is 0 Å². The Balaban J connectivity index is 2.70. The fourth-order valence-electron chi connectivity index (χ4n) is 2.03. The third-order valence-corrected chi connectivity index (χ3v) is 3.87. The fourth-order valence-corrected chi connectivity index (χ4v) is 2.46. The predicted molar refractivity (Wildman–Crippen MR) is 64.5 cm³/mol. The van der Waals surface area contributed by atoms with Crippen LogP contribution in [0.3, 0.4) is 0 Å². The Kier molecular flexibility index (Phi) is 2.45. The van der Waals surface area contributed by atoms with Gasteiger partial charge >= 0.3 is 0 Å². The van der Waals surface area contributed by atoms with Gasteiger partial charge in [0.05, 0.1) is 0 Å². The van der Waals surface area contributed by atoms with E-state index in [1.165, 1.54) is 6.07 Å². The molecule has 1 atom stereocenters. The molecule has 3 heteroatoms. The molecule has 1 heterocycles. The summed E-state index contributed by atoms with van der Waals surface area (Å²) in [4.78, 5) is 4.34. The van der Waals surface area contributed by atoms with E-state index in [2.05, 4.69) is 34.8 Å². The fraction of sp³-hybridized carbons (Fsp3) is 0.417. The molecule has 0 fully saturated rings. The van der Waals surface area contributed by atoms with Crippen LogP contribution in [-0.4, -0.2) is 5.71 Å². The highest BCUT2D eigenvalue weighted by Gasteiger charge is 2.36. The first-order valence-electron chi connectivity index (χ1n) is 5.04. The first-order chi connectivity index (χ1) is 6.99. The highest BCUT2D eigenvalue weighted by Crippen LogP contribution is 2.44. The van der Waals surface area contributed by atoms with Gasteiger partial charge in [0.1, 0.15) is 11.5 Å². The van der Waals surface area contributed by atoms with Crippen molar-refractivity contribution in [2.24, 2.45) is 4.99 Å². The standard InChI is InChI=1S/C12H13BrFN/c1-4-12(3)7(2)15-11-9(12)5-8(13)6-10(11)14/h5-6H,4H2,1-3H3. The van der Waals surface area contributed by atoms with E-state index in [1.807, 2.05) is 13.0 Å². The van der Waals surface area contributed by atoms with Gasteiger partial charge in [0.2, 0.25) is 0 Å². The van der Waals surface area contributed by atoms with E-state index in [0.29, 0.717) is 5.69 Å². The van der Waals surface area contributed by atoms with Crippen LogP contribution in [0.15, 0.2) is 21.6 Å². The first-order valence-corrected chi connectivity index (χ1v) is 5.83. The van der Waals surface area contributed by atoms with Crippen molar-refractivity contribution in [1.29, 1.82) is 0 Å². The normalized spacial score (nSPS) is 23.9. The molecule has 80 valence electrons. The lowest BCUT2D eigenvalue weighted by Gasteiger charge is -2.24. The van der Waals surface area contributed by atoms with Gasteiger partial charge in [-0.2, -0.15) is 0 Å². The van der Waals surface area contributed by atoms with Crippen molar-refractivity contribution in [1.82, 2.24) is 0 Å². The van der Waals surface area contributed by atoms with Gasteiger partial charge < -0.3 is 0 Å². The van der Waals surface area contributed by atoms with Gasteiger partial charge in [0.25, 0.3) is 0 Å². The minimum atomic E-state index is -0.240. The summed E-state index contributed by atoms with van der Waals surface area (Å²) in [5, 5.41) is 0. The van der Waals surface area contributed by atoms with E-state index in [-0.39, 0.29) is 11.2 Å². The molecule has 0 saturated carbocycles. The van der Waals surface area contributed by atoms with E-state index >= 15 is 0 Å². The quantitative estimate of drug-likeness (QED) is 0.718. The van der Waals surface area contributed by atoms with Crippen LogP contribution >= 0.6 is 15.9 Å². The number of fused-ring (bicyclic) bond motifs is 1.